The Morgan fingerprint density at radius 2 is 1.68 bits per heavy atom. The van der Waals surface area contributed by atoms with Crippen molar-refractivity contribution in [2.24, 2.45) is 0 Å². The maximum atomic E-state index is 13.7. The van der Waals surface area contributed by atoms with Gasteiger partial charge >= 0.3 is 5.97 Å². The number of methoxy groups -OCH3 is 3. The highest BCUT2D eigenvalue weighted by molar-refractivity contribution is 9.10. The van der Waals surface area contributed by atoms with Gasteiger partial charge in [-0.1, -0.05) is 22.0 Å². The van der Waals surface area contributed by atoms with Gasteiger partial charge in [0, 0.05) is 4.47 Å². The van der Waals surface area contributed by atoms with Crippen LogP contribution in [0.1, 0.15) is 12.0 Å². The molecule has 134 valence electrons. The number of aryl methyl sites for hydroxylation is 1. The molecule has 2 aromatic rings. The summed E-state index contributed by atoms with van der Waals surface area (Å²) < 4.78 is 35.2. The third-order valence-corrected chi connectivity index (χ3v) is 4.00. The average Bonchev–Trinajstić information content (AvgIpc) is 2.61. The van der Waals surface area contributed by atoms with Gasteiger partial charge in [-0.3, -0.25) is 4.79 Å². The van der Waals surface area contributed by atoms with E-state index in [4.69, 9.17) is 18.9 Å². The molecular formula is C18H18BrFO5. The monoisotopic (exact) mass is 412 g/mol. The van der Waals surface area contributed by atoms with Crippen molar-refractivity contribution in [1.29, 1.82) is 0 Å². The van der Waals surface area contributed by atoms with Gasteiger partial charge in [-0.2, -0.15) is 0 Å². The Bertz CT molecular complexity index is 763. The Hall–Kier alpha value is -2.28. The van der Waals surface area contributed by atoms with E-state index in [1.165, 1.54) is 33.5 Å². The maximum Gasteiger partial charge on any atom is 0.311 e. The van der Waals surface area contributed by atoms with Crippen molar-refractivity contribution in [3.05, 3.63) is 46.2 Å². The number of rotatable bonds is 7. The molecule has 0 atom stereocenters. The van der Waals surface area contributed by atoms with E-state index in [0.717, 1.165) is 5.56 Å². The zero-order valence-corrected chi connectivity index (χ0v) is 15.7. The van der Waals surface area contributed by atoms with Crippen molar-refractivity contribution in [1.82, 2.24) is 0 Å². The minimum atomic E-state index is -0.605. The Kier molecular flexibility index (Phi) is 6.64. The molecule has 0 aliphatic rings. The van der Waals surface area contributed by atoms with Gasteiger partial charge in [-0.15, -0.1) is 0 Å². The molecule has 2 rings (SSSR count). The lowest BCUT2D eigenvalue weighted by molar-refractivity contribution is -0.134. The predicted molar refractivity (Wildman–Crippen MR) is 94.2 cm³/mol. The fourth-order valence-electron chi connectivity index (χ4n) is 2.33. The summed E-state index contributed by atoms with van der Waals surface area (Å²) in [5, 5.41) is 0. The molecule has 0 amide bonds. The summed E-state index contributed by atoms with van der Waals surface area (Å²) in [5.74, 6) is 0.221. The number of carbonyl (C=O) groups excluding carboxylic acids is 1. The number of ether oxygens (including phenoxy) is 4. The first-order valence-electron chi connectivity index (χ1n) is 7.43. The van der Waals surface area contributed by atoms with Gasteiger partial charge < -0.3 is 18.9 Å². The molecule has 0 aliphatic heterocycles. The van der Waals surface area contributed by atoms with E-state index in [1.807, 2.05) is 0 Å². The van der Waals surface area contributed by atoms with Crippen molar-refractivity contribution in [2.75, 3.05) is 21.3 Å². The lowest BCUT2D eigenvalue weighted by atomic mass is 10.1. The van der Waals surface area contributed by atoms with Crippen LogP contribution in [0.25, 0.3) is 0 Å². The minimum Gasteiger partial charge on any atom is -0.493 e. The molecule has 0 N–H and O–H groups in total. The Morgan fingerprint density at radius 3 is 2.28 bits per heavy atom. The third-order valence-electron chi connectivity index (χ3n) is 3.50. The number of halogens is 2. The first kappa shape index (κ1) is 19.1. The zero-order valence-electron chi connectivity index (χ0n) is 14.1. The second kappa shape index (κ2) is 8.71. The maximum absolute atomic E-state index is 13.7. The van der Waals surface area contributed by atoms with Crippen LogP contribution >= 0.6 is 15.9 Å². The lowest BCUT2D eigenvalue weighted by Gasteiger charge is -2.15. The zero-order chi connectivity index (χ0) is 18.4. The Balaban J connectivity index is 2.09. The highest BCUT2D eigenvalue weighted by Crippen LogP contribution is 2.40. The largest absolute Gasteiger partial charge is 0.493 e. The van der Waals surface area contributed by atoms with Crippen molar-refractivity contribution < 1.29 is 28.1 Å². The number of benzene rings is 2. The van der Waals surface area contributed by atoms with Crippen LogP contribution in [0.4, 0.5) is 4.39 Å². The standard InChI is InChI=1S/C18H18BrFO5/c1-22-15-7-4-11(17(23-2)18(15)24-3)5-9-16(21)25-14-8-6-12(19)10-13(14)20/h4,6-8,10H,5,9H2,1-3H3. The van der Waals surface area contributed by atoms with Gasteiger partial charge in [0.1, 0.15) is 0 Å². The molecule has 7 heteroatoms. The van der Waals surface area contributed by atoms with E-state index in [1.54, 1.807) is 18.2 Å². The molecule has 0 heterocycles. The van der Waals surface area contributed by atoms with Crippen LogP contribution in [0.3, 0.4) is 0 Å². The molecule has 5 nitrogen and oxygen atoms in total. The first-order valence-corrected chi connectivity index (χ1v) is 8.23. The van der Waals surface area contributed by atoms with E-state index in [2.05, 4.69) is 15.9 Å². The van der Waals surface area contributed by atoms with Crippen LogP contribution in [0.2, 0.25) is 0 Å². The van der Waals surface area contributed by atoms with Gasteiger partial charge in [0.05, 0.1) is 27.8 Å². The summed E-state index contributed by atoms with van der Waals surface area (Å²) in [4.78, 5) is 12.0. The SMILES string of the molecule is COc1ccc(CCC(=O)Oc2ccc(Br)cc2F)c(OC)c1OC. The molecule has 0 unspecified atom stereocenters. The fourth-order valence-corrected chi connectivity index (χ4v) is 2.66. The van der Waals surface area contributed by atoms with E-state index in [9.17, 15) is 9.18 Å². The van der Waals surface area contributed by atoms with Crippen LogP contribution in [-0.4, -0.2) is 27.3 Å². The number of hydrogen-bond acceptors (Lipinski definition) is 5. The summed E-state index contributed by atoms with van der Waals surface area (Å²) in [5.41, 5.74) is 0.758. The summed E-state index contributed by atoms with van der Waals surface area (Å²) in [6.45, 7) is 0. The van der Waals surface area contributed by atoms with E-state index in [-0.39, 0.29) is 12.2 Å². The highest BCUT2D eigenvalue weighted by atomic mass is 79.9. The quantitative estimate of drug-likeness (QED) is 0.504. The topological polar surface area (TPSA) is 54.0 Å². The second-order valence-electron chi connectivity index (χ2n) is 5.04. The van der Waals surface area contributed by atoms with Gasteiger partial charge in [0.2, 0.25) is 5.75 Å². The fraction of sp³-hybridized carbons (Fsp3) is 0.278. The van der Waals surface area contributed by atoms with Crippen LogP contribution in [-0.2, 0) is 11.2 Å². The average molecular weight is 413 g/mol. The Morgan fingerprint density at radius 1 is 1.00 bits per heavy atom. The lowest BCUT2D eigenvalue weighted by Crippen LogP contribution is -2.10. The smallest absolute Gasteiger partial charge is 0.311 e. The van der Waals surface area contributed by atoms with Crippen LogP contribution in [0.15, 0.2) is 34.8 Å². The van der Waals surface area contributed by atoms with Crippen LogP contribution < -0.4 is 18.9 Å². The van der Waals surface area contributed by atoms with Crippen LogP contribution in [0, 0.1) is 5.82 Å². The van der Waals surface area contributed by atoms with Gasteiger partial charge in [-0.05, 0) is 36.2 Å². The predicted octanol–water partition coefficient (Wildman–Crippen LogP) is 4.15. The number of esters is 1. The van der Waals surface area contributed by atoms with E-state index >= 15 is 0 Å². The second-order valence-corrected chi connectivity index (χ2v) is 5.96. The molecule has 2 aromatic carbocycles. The van der Waals surface area contributed by atoms with Crippen molar-refractivity contribution in [2.45, 2.75) is 12.8 Å². The van der Waals surface area contributed by atoms with Gasteiger partial charge in [0.25, 0.3) is 0 Å². The van der Waals surface area contributed by atoms with Gasteiger partial charge in [0.15, 0.2) is 23.1 Å². The van der Waals surface area contributed by atoms with Crippen LogP contribution in [0.5, 0.6) is 23.0 Å². The highest BCUT2D eigenvalue weighted by Gasteiger charge is 2.17. The summed E-state index contributed by atoms with van der Waals surface area (Å²) in [6.07, 6.45) is 0.405. The summed E-state index contributed by atoms with van der Waals surface area (Å²) in [6, 6.07) is 7.75. The number of carbonyl (C=O) groups is 1. The summed E-state index contributed by atoms with van der Waals surface area (Å²) in [7, 11) is 4.55. The first-order chi connectivity index (χ1) is 12.0. The van der Waals surface area contributed by atoms with Crippen molar-refractivity contribution in [3.63, 3.8) is 0 Å². The Labute approximate surface area is 153 Å². The molecule has 0 fully saturated rings. The third kappa shape index (κ3) is 4.63. The molecule has 0 saturated carbocycles. The minimum absolute atomic E-state index is 0.0569. The van der Waals surface area contributed by atoms with E-state index in [0.29, 0.717) is 28.1 Å². The van der Waals surface area contributed by atoms with E-state index < -0.39 is 11.8 Å². The molecule has 0 saturated heterocycles. The normalized spacial score (nSPS) is 10.3. The van der Waals surface area contributed by atoms with Gasteiger partial charge in [-0.25, -0.2) is 4.39 Å². The summed E-state index contributed by atoms with van der Waals surface area (Å²) >= 11 is 3.15. The molecule has 0 aromatic heterocycles. The van der Waals surface area contributed by atoms with Crippen molar-refractivity contribution >= 4 is 21.9 Å². The molecule has 0 spiro atoms. The molecule has 0 bridgehead atoms. The number of hydrogen-bond donors (Lipinski definition) is 0. The molecule has 0 aliphatic carbocycles. The molecule has 25 heavy (non-hydrogen) atoms. The van der Waals surface area contributed by atoms with Crippen molar-refractivity contribution in [3.8, 4) is 23.0 Å². The molecular weight excluding hydrogens is 395 g/mol. The molecule has 0 radical (unpaired) electrons.